The normalized spacial score (nSPS) is 13.8. The first-order valence-electron chi connectivity index (χ1n) is 6.64. The van der Waals surface area contributed by atoms with Gasteiger partial charge < -0.3 is 9.42 Å². The van der Waals surface area contributed by atoms with Gasteiger partial charge in [-0.05, 0) is 30.0 Å². The van der Waals surface area contributed by atoms with Gasteiger partial charge in [0.1, 0.15) is 5.75 Å². The third-order valence-electron chi connectivity index (χ3n) is 3.37. The largest absolute Gasteiger partial charge is 0.420 e. The van der Waals surface area contributed by atoms with Gasteiger partial charge in [-0.3, -0.25) is 0 Å². The number of rotatable bonds is 3. The molecule has 1 atom stereocenters. The van der Waals surface area contributed by atoms with Crippen molar-refractivity contribution in [3.63, 3.8) is 0 Å². The molecule has 0 saturated heterocycles. The molecule has 0 spiro atoms. The summed E-state index contributed by atoms with van der Waals surface area (Å²) in [6.45, 7) is 1.87. The summed E-state index contributed by atoms with van der Waals surface area (Å²) in [6.07, 6.45) is 0. The van der Waals surface area contributed by atoms with Crippen molar-refractivity contribution in [2.45, 2.75) is 6.92 Å². The Morgan fingerprint density at radius 3 is 2.33 bits per heavy atom. The molecule has 3 rings (SSSR count). The number of hydrogen-bond acceptors (Lipinski definition) is 2. The summed E-state index contributed by atoms with van der Waals surface area (Å²) in [4.78, 5) is 10.3. The Labute approximate surface area is 123 Å². The zero-order valence-corrected chi connectivity index (χ0v) is 12.5. The average molecular weight is 298 g/mol. The first-order chi connectivity index (χ1) is 10.1. The van der Waals surface area contributed by atoms with Crippen LogP contribution in [0, 0.1) is 6.92 Å². The fourth-order valence-corrected chi connectivity index (χ4v) is 3.41. The first kappa shape index (κ1) is 13.9. The predicted octanol–water partition coefficient (Wildman–Crippen LogP) is 4.04. The minimum Gasteiger partial charge on any atom is -0.420 e. The zero-order chi connectivity index (χ0) is 14.9. The van der Waals surface area contributed by atoms with E-state index in [1.54, 1.807) is 30.3 Å². The molecule has 3 aromatic carbocycles. The van der Waals surface area contributed by atoms with E-state index in [9.17, 15) is 9.46 Å². The number of aryl methyl sites for hydroxylation is 1. The molecule has 0 radical (unpaired) electrons. The molecule has 3 aromatic rings. The molecule has 1 N–H and O–H groups in total. The van der Waals surface area contributed by atoms with Crippen LogP contribution in [0.25, 0.3) is 10.8 Å². The van der Waals surface area contributed by atoms with E-state index in [0.717, 1.165) is 16.3 Å². The molecular weight excluding hydrogens is 283 g/mol. The smallest absolute Gasteiger partial charge is 0.408 e. The van der Waals surface area contributed by atoms with E-state index in [4.69, 9.17) is 4.52 Å². The summed E-state index contributed by atoms with van der Waals surface area (Å²) in [5.41, 5.74) is 0.832. The Kier molecular flexibility index (Phi) is 3.54. The van der Waals surface area contributed by atoms with Crippen LogP contribution < -0.4 is 9.83 Å². The predicted molar refractivity (Wildman–Crippen MR) is 85.2 cm³/mol. The molecule has 1 unspecified atom stereocenters. The zero-order valence-electron chi connectivity index (χ0n) is 11.6. The number of hydrogen-bond donors (Lipinski definition) is 1. The van der Waals surface area contributed by atoms with Crippen molar-refractivity contribution < 1.29 is 14.0 Å². The quantitative estimate of drug-likeness (QED) is 0.742. The van der Waals surface area contributed by atoms with E-state index >= 15 is 0 Å². The van der Waals surface area contributed by atoms with Crippen LogP contribution in [0.2, 0.25) is 0 Å². The van der Waals surface area contributed by atoms with Crippen LogP contribution in [-0.2, 0) is 4.57 Å². The molecule has 0 aromatic heterocycles. The van der Waals surface area contributed by atoms with Crippen molar-refractivity contribution in [2.24, 2.45) is 0 Å². The highest BCUT2D eigenvalue weighted by Gasteiger charge is 2.25. The van der Waals surface area contributed by atoms with E-state index in [0.29, 0.717) is 5.75 Å². The molecule has 106 valence electrons. The second-order valence-electron chi connectivity index (χ2n) is 4.88. The number of benzene rings is 3. The van der Waals surface area contributed by atoms with Gasteiger partial charge in [0.15, 0.2) is 0 Å². The standard InChI is InChI=1S/C17H15O3P/c1-13-11-12-14-7-5-6-10-16(14)17(13)20-21(18,19)15-8-3-2-4-9-15/h2-12H,1H3,(H,18,19). The van der Waals surface area contributed by atoms with Crippen LogP contribution in [0.1, 0.15) is 5.56 Å². The maximum absolute atomic E-state index is 12.5. The lowest BCUT2D eigenvalue weighted by atomic mass is 10.1. The Bertz CT molecular complexity index is 828. The van der Waals surface area contributed by atoms with Gasteiger partial charge in [-0.1, -0.05) is 54.6 Å². The molecule has 0 saturated carbocycles. The highest BCUT2D eigenvalue weighted by atomic mass is 31.2. The van der Waals surface area contributed by atoms with E-state index < -0.39 is 7.60 Å². The Hall–Kier alpha value is -2.09. The van der Waals surface area contributed by atoms with Gasteiger partial charge in [0.2, 0.25) is 0 Å². The molecule has 3 nitrogen and oxygen atoms in total. The molecule has 0 bridgehead atoms. The molecule has 4 heteroatoms. The molecule has 0 amide bonds. The first-order valence-corrected chi connectivity index (χ1v) is 8.22. The lowest BCUT2D eigenvalue weighted by molar-refractivity contribution is 0.394. The van der Waals surface area contributed by atoms with Crippen LogP contribution in [0.3, 0.4) is 0 Å². The molecule has 0 heterocycles. The van der Waals surface area contributed by atoms with Crippen molar-refractivity contribution in [2.75, 3.05) is 0 Å². The summed E-state index contributed by atoms with van der Waals surface area (Å²) < 4.78 is 18.1. The third-order valence-corrected chi connectivity index (χ3v) is 4.75. The van der Waals surface area contributed by atoms with E-state index in [2.05, 4.69) is 0 Å². The van der Waals surface area contributed by atoms with Crippen molar-refractivity contribution in [1.29, 1.82) is 0 Å². The summed E-state index contributed by atoms with van der Waals surface area (Å²) in [5, 5.41) is 2.10. The van der Waals surface area contributed by atoms with Gasteiger partial charge >= 0.3 is 7.60 Å². The maximum atomic E-state index is 12.5. The molecule has 0 aliphatic carbocycles. The summed E-state index contributed by atoms with van der Waals surface area (Å²) >= 11 is 0. The lowest BCUT2D eigenvalue weighted by Crippen LogP contribution is -2.09. The molecule has 0 aliphatic heterocycles. The Morgan fingerprint density at radius 1 is 0.905 bits per heavy atom. The molecule has 0 aliphatic rings. The van der Waals surface area contributed by atoms with Crippen LogP contribution in [0.15, 0.2) is 66.7 Å². The van der Waals surface area contributed by atoms with Crippen LogP contribution >= 0.6 is 7.60 Å². The van der Waals surface area contributed by atoms with Gasteiger partial charge in [-0.2, -0.15) is 0 Å². The van der Waals surface area contributed by atoms with E-state index in [1.807, 2.05) is 43.3 Å². The van der Waals surface area contributed by atoms with Crippen molar-refractivity contribution in [1.82, 2.24) is 0 Å². The topological polar surface area (TPSA) is 46.5 Å². The van der Waals surface area contributed by atoms with Gasteiger partial charge in [0, 0.05) is 5.39 Å². The summed E-state index contributed by atoms with van der Waals surface area (Å²) in [5.74, 6) is 0.461. The lowest BCUT2D eigenvalue weighted by Gasteiger charge is -2.17. The number of fused-ring (bicyclic) bond motifs is 1. The Morgan fingerprint density at radius 2 is 1.57 bits per heavy atom. The second-order valence-corrected chi connectivity index (χ2v) is 6.62. The van der Waals surface area contributed by atoms with Gasteiger partial charge in [0.25, 0.3) is 0 Å². The van der Waals surface area contributed by atoms with Gasteiger partial charge in [-0.25, -0.2) is 4.57 Å². The Balaban J connectivity index is 2.10. The van der Waals surface area contributed by atoms with Gasteiger partial charge in [0.05, 0.1) is 5.30 Å². The van der Waals surface area contributed by atoms with E-state index in [-0.39, 0.29) is 5.30 Å². The molecular formula is C17H15O3P. The highest BCUT2D eigenvalue weighted by molar-refractivity contribution is 7.61. The monoisotopic (exact) mass is 298 g/mol. The van der Waals surface area contributed by atoms with Crippen LogP contribution in [-0.4, -0.2) is 4.89 Å². The van der Waals surface area contributed by atoms with Gasteiger partial charge in [-0.15, -0.1) is 0 Å². The minimum absolute atomic E-state index is 0.289. The molecule has 21 heavy (non-hydrogen) atoms. The summed E-state index contributed by atoms with van der Waals surface area (Å²) in [6, 6.07) is 20.0. The van der Waals surface area contributed by atoms with Crippen LogP contribution in [0.4, 0.5) is 0 Å². The maximum Gasteiger partial charge on any atom is 0.408 e. The average Bonchev–Trinajstić information content (AvgIpc) is 2.51. The van der Waals surface area contributed by atoms with Crippen molar-refractivity contribution >= 4 is 23.7 Å². The molecule has 0 fully saturated rings. The highest BCUT2D eigenvalue weighted by Crippen LogP contribution is 2.45. The van der Waals surface area contributed by atoms with Crippen molar-refractivity contribution in [3.8, 4) is 5.75 Å². The van der Waals surface area contributed by atoms with Crippen LogP contribution in [0.5, 0.6) is 5.75 Å². The second kappa shape index (κ2) is 5.36. The minimum atomic E-state index is -3.90. The third kappa shape index (κ3) is 2.71. The van der Waals surface area contributed by atoms with Crippen molar-refractivity contribution in [3.05, 3.63) is 72.3 Å². The SMILES string of the molecule is Cc1ccc2ccccc2c1OP(=O)(O)c1ccccc1. The van der Waals surface area contributed by atoms with E-state index in [1.165, 1.54) is 0 Å². The summed E-state index contributed by atoms with van der Waals surface area (Å²) in [7, 11) is -3.90. The fourth-order valence-electron chi connectivity index (χ4n) is 2.27. The fraction of sp³-hybridized carbons (Fsp3) is 0.0588.